The van der Waals surface area contributed by atoms with Crippen molar-refractivity contribution in [3.05, 3.63) is 46.3 Å². The zero-order chi connectivity index (χ0) is 17.4. The number of carbonyl (C=O) groups is 1. The van der Waals surface area contributed by atoms with E-state index in [9.17, 15) is 4.79 Å². The SMILES string of the molecule is CCCc1ncnc(NCCOC(=O)Nc2ccc(Cl)cc2)c1Cl. The molecule has 0 aliphatic heterocycles. The number of hydrogen-bond acceptors (Lipinski definition) is 5. The highest BCUT2D eigenvalue weighted by Gasteiger charge is 2.08. The zero-order valence-electron chi connectivity index (χ0n) is 13.2. The van der Waals surface area contributed by atoms with Crippen LogP contribution in [0, 0.1) is 0 Å². The van der Waals surface area contributed by atoms with Gasteiger partial charge in [0.1, 0.15) is 23.8 Å². The molecule has 24 heavy (non-hydrogen) atoms. The first-order valence-electron chi connectivity index (χ1n) is 7.52. The summed E-state index contributed by atoms with van der Waals surface area (Å²) in [7, 11) is 0. The number of rotatable bonds is 7. The number of hydrogen-bond donors (Lipinski definition) is 2. The molecule has 0 saturated heterocycles. The Labute approximate surface area is 150 Å². The van der Waals surface area contributed by atoms with Crippen molar-refractivity contribution >= 4 is 40.8 Å². The van der Waals surface area contributed by atoms with Gasteiger partial charge in [-0.05, 0) is 30.7 Å². The monoisotopic (exact) mass is 368 g/mol. The maximum atomic E-state index is 11.7. The summed E-state index contributed by atoms with van der Waals surface area (Å²) < 4.78 is 5.08. The number of aromatic nitrogens is 2. The Bertz CT molecular complexity index is 680. The minimum Gasteiger partial charge on any atom is -0.447 e. The van der Waals surface area contributed by atoms with Crippen LogP contribution in [-0.2, 0) is 11.2 Å². The van der Waals surface area contributed by atoms with Gasteiger partial charge in [-0.3, -0.25) is 5.32 Å². The number of halogens is 2. The fourth-order valence-corrected chi connectivity index (χ4v) is 2.33. The third kappa shape index (κ3) is 5.54. The molecular weight excluding hydrogens is 351 g/mol. The molecule has 0 atom stereocenters. The smallest absolute Gasteiger partial charge is 0.411 e. The average Bonchev–Trinajstić information content (AvgIpc) is 2.57. The van der Waals surface area contributed by atoms with Crippen LogP contribution in [-0.4, -0.2) is 29.2 Å². The molecule has 0 aliphatic carbocycles. The van der Waals surface area contributed by atoms with Crippen molar-refractivity contribution in [1.82, 2.24) is 9.97 Å². The number of benzene rings is 1. The van der Waals surface area contributed by atoms with Crippen LogP contribution in [0.1, 0.15) is 19.0 Å². The molecular formula is C16H18Cl2N4O2. The van der Waals surface area contributed by atoms with Crippen LogP contribution in [0.2, 0.25) is 10.0 Å². The zero-order valence-corrected chi connectivity index (χ0v) is 14.7. The van der Waals surface area contributed by atoms with Gasteiger partial charge in [-0.25, -0.2) is 14.8 Å². The number of nitrogens with one attached hydrogen (secondary N) is 2. The summed E-state index contributed by atoms with van der Waals surface area (Å²) in [5.74, 6) is 0.539. The first kappa shape index (κ1) is 18.3. The normalized spacial score (nSPS) is 10.3. The van der Waals surface area contributed by atoms with E-state index in [1.165, 1.54) is 6.33 Å². The Kier molecular flexibility index (Phi) is 7.08. The van der Waals surface area contributed by atoms with Crippen molar-refractivity contribution in [3.63, 3.8) is 0 Å². The summed E-state index contributed by atoms with van der Waals surface area (Å²) >= 11 is 12.0. The number of ether oxygens (including phenoxy) is 1. The van der Waals surface area contributed by atoms with Crippen molar-refractivity contribution < 1.29 is 9.53 Å². The van der Waals surface area contributed by atoms with Gasteiger partial charge in [-0.15, -0.1) is 0 Å². The molecule has 1 amide bonds. The molecule has 2 aromatic rings. The van der Waals surface area contributed by atoms with E-state index >= 15 is 0 Å². The molecule has 2 rings (SSSR count). The maximum absolute atomic E-state index is 11.7. The summed E-state index contributed by atoms with van der Waals surface area (Å²) in [6, 6.07) is 6.75. The van der Waals surface area contributed by atoms with Gasteiger partial charge in [-0.2, -0.15) is 0 Å². The van der Waals surface area contributed by atoms with Gasteiger partial charge in [0.05, 0.1) is 12.2 Å². The molecule has 0 aliphatic rings. The van der Waals surface area contributed by atoms with E-state index in [1.807, 2.05) is 0 Å². The third-order valence-corrected chi connectivity index (χ3v) is 3.72. The van der Waals surface area contributed by atoms with Crippen LogP contribution >= 0.6 is 23.2 Å². The molecule has 0 saturated carbocycles. The number of amides is 1. The van der Waals surface area contributed by atoms with Crippen molar-refractivity contribution in [2.45, 2.75) is 19.8 Å². The second-order valence-electron chi connectivity index (χ2n) is 4.93. The fourth-order valence-electron chi connectivity index (χ4n) is 1.94. The van der Waals surface area contributed by atoms with Gasteiger partial charge in [0.25, 0.3) is 0 Å². The van der Waals surface area contributed by atoms with Crippen LogP contribution < -0.4 is 10.6 Å². The molecule has 128 valence electrons. The first-order chi connectivity index (χ1) is 11.6. The van der Waals surface area contributed by atoms with Crippen LogP contribution in [0.15, 0.2) is 30.6 Å². The molecule has 1 heterocycles. The van der Waals surface area contributed by atoms with Crippen LogP contribution in [0.3, 0.4) is 0 Å². The Morgan fingerprint density at radius 1 is 1.21 bits per heavy atom. The van der Waals surface area contributed by atoms with E-state index in [-0.39, 0.29) is 6.61 Å². The van der Waals surface area contributed by atoms with Crippen LogP contribution in [0.5, 0.6) is 0 Å². The minimum atomic E-state index is -0.542. The average molecular weight is 369 g/mol. The Morgan fingerprint density at radius 3 is 2.67 bits per heavy atom. The highest BCUT2D eigenvalue weighted by Crippen LogP contribution is 2.22. The Hall–Kier alpha value is -2.05. The molecule has 2 N–H and O–H groups in total. The summed E-state index contributed by atoms with van der Waals surface area (Å²) in [6.07, 6.45) is 2.66. The number of anilines is 2. The molecule has 1 aromatic heterocycles. The molecule has 0 unspecified atom stereocenters. The number of carbonyl (C=O) groups excluding carboxylic acids is 1. The second-order valence-corrected chi connectivity index (χ2v) is 5.74. The lowest BCUT2D eigenvalue weighted by Gasteiger charge is -2.10. The predicted octanol–water partition coefficient (Wildman–Crippen LogP) is 4.40. The quantitative estimate of drug-likeness (QED) is 0.708. The lowest BCUT2D eigenvalue weighted by atomic mass is 10.2. The highest BCUT2D eigenvalue weighted by molar-refractivity contribution is 6.33. The van der Waals surface area contributed by atoms with E-state index in [0.717, 1.165) is 18.5 Å². The number of aryl methyl sites for hydroxylation is 1. The standard InChI is InChI=1S/C16H18Cl2N4O2/c1-2-3-13-14(18)15(21-10-20-13)19-8-9-24-16(23)22-12-6-4-11(17)5-7-12/h4-7,10H,2-3,8-9H2,1H3,(H,22,23)(H,19,20,21). The number of nitrogens with zero attached hydrogens (tertiary/aromatic N) is 2. The summed E-state index contributed by atoms with van der Waals surface area (Å²) in [4.78, 5) is 19.9. The van der Waals surface area contributed by atoms with E-state index in [1.54, 1.807) is 24.3 Å². The topological polar surface area (TPSA) is 76.1 Å². The first-order valence-corrected chi connectivity index (χ1v) is 8.28. The van der Waals surface area contributed by atoms with E-state index in [0.29, 0.717) is 28.1 Å². The fraction of sp³-hybridized carbons (Fsp3) is 0.312. The highest BCUT2D eigenvalue weighted by atomic mass is 35.5. The molecule has 0 radical (unpaired) electrons. The lowest BCUT2D eigenvalue weighted by Crippen LogP contribution is -2.19. The molecule has 6 nitrogen and oxygen atoms in total. The molecule has 0 fully saturated rings. The van der Waals surface area contributed by atoms with Gasteiger partial charge >= 0.3 is 6.09 Å². The largest absolute Gasteiger partial charge is 0.447 e. The summed E-state index contributed by atoms with van der Waals surface area (Å²) in [5, 5.41) is 6.74. The molecule has 0 bridgehead atoms. The van der Waals surface area contributed by atoms with Gasteiger partial charge in [0.15, 0.2) is 0 Å². The molecule has 8 heteroatoms. The predicted molar refractivity (Wildman–Crippen MR) is 95.9 cm³/mol. The Morgan fingerprint density at radius 2 is 1.96 bits per heavy atom. The molecule has 1 aromatic carbocycles. The Balaban J connectivity index is 1.75. The van der Waals surface area contributed by atoms with Gasteiger partial charge in [-0.1, -0.05) is 36.5 Å². The van der Waals surface area contributed by atoms with Crippen molar-refractivity contribution in [2.24, 2.45) is 0 Å². The lowest BCUT2D eigenvalue weighted by molar-refractivity contribution is 0.166. The summed E-state index contributed by atoms with van der Waals surface area (Å²) in [5.41, 5.74) is 1.42. The maximum Gasteiger partial charge on any atom is 0.411 e. The van der Waals surface area contributed by atoms with Crippen LogP contribution in [0.4, 0.5) is 16.3 Å². The van der Waals surface area contributed by atoms with E-state index in [2.05, 4.69) is 27.5 Å². The van der Waals surface area contributed by atoms with E-state index < -0.39 is 6.09 Å². The van der Waals surface area contributed by atoms with Gasteiger partial charge < -0.3 is 10.1 Å². The van der Waals surface area contributed by atoms with Crippen molar-refractivity contribution in [1.29, 1.82) is 0 Å². The van der Waals surface area contributed by atoms with Gasteiger partial charge in [0, 0.05) is 10.7 Å². The van der Waals surface area contributed by atoms with Crippen molar-refractivity contribution in [2.75, 3.05) is 23.8 Å². The minimum absolute atomic E-state index is 0.170. The second kappa shape index (κ2) is 9.30. The van der Waals surface area contributed by atoms with Gasteiger partial charge in [0.2, 0.25) is 0 Å². The summed E-state index contributed by atoms with van der Waals surface area (Å²) in [6.45, 7) is 2.61. The third-order valence-electron chi connectivity index (χ3n) is 3.07. The van der Waals surface area contributed by atoms with Crippen molar-refractivity contribution in [3.8, 4) is 0 Å². The molecule has 0 spiro atoms. The van der Waals surface area contributed by atoms with E-state index in [4.69, 9.17) is 27.9 Å². The van der Waals surface area contributed by atoms with Crippen LogP contribution in [0.25, 0.3) is 0 Å².